The van der Waals surface area contributed by atoms with E-state index in [4.69, 9.17) is 14.2 Å². The lowest BCUT2D eigenvalue weighted by atomic mass is 9.78. The number of rotatable bonds is 11. The van der Waals surface area contributed by atoms with Gasteiger partial charge in [0.15, 0.2) is 0 Å². The van der Waals surface area contributed by atoms with Crippen molar-refractivity contribution >= 4 is 0 Å². The molecule has 0 aliphatic carbocycles. The van der Waals surface area contributed by atoms with Crippen LogP contribution in [0, 0.1) is 11.3 Å². The molecular weight excluding hydrogens is 304 g/mol. The standard InChI is InChI=1S/C20H40O4/c1-7-9-11-22-15-20(14-21)18(23-12-10-8-2)17(16(3)24-20)13-19(4,5)6/h16-18,21H,7-15H2,1-6H3/t16-,17?,18?,20-/m1/s1. The van der Waals surface area contributed by atoms with Crippen molar-refractivity contribution < 1.29 is 19.3 Å². The van der Waals surface area contributed by atoms with Crippen molar-refractivity contribution in [1.82, 2.24) is 0 Å². The van der Waals surface area contributed by atoms with Crippen LogP contribution in [0.2, 0.25) is 0 Å². The van der Waals surface area contributed by atoms with Crippen LogP contribution in [-0.2, 0) is 14.2 Å². The highest BCUT2D eigenvalue weighted by molar-refractivity contribution is 5.02. The van der Waals surface area contributed by atoms with Gasteiger partial charge in [0.25, 0.3) is 0 Å². The van der Waals surface area contributed by atoms with Gasteiger partial charge in [-0.25, -0.2) is 0 Å². The summed E-state index contributed by atoms with van der Waals surface area (Å²) in [7, 11) is 0. The maximum atomic E-state index is 10.1. The normalized spacial score (nSPS) is 30.9. The molecule has 0 radical (unpaired) electrons. The summed E-state index contributed by atoms with van der Waals surface area (Å²) in [5.74, 6) is 0.281. The minimum atomic E-state index is -0.725. The number of hydrogen-bond acceptors (Lipinski definition) is 4. The minimum Gasteiger partial charge on any atom is -0.393 e. The lowest BCUT2D eigenvalue weighted by Crippen LogP contribution is -2.50. The van der Waals surface area contributed by atoms with Gasteiger partial charge in [0.05, 0.1) is 25.4 Å². The number of aliphatic hydroxyl groups is 1. The van der Waals surface area contributed by atoms with Gasteiger partial charge in [0, 0.05) is 19.1 Å². The summed E-state index contributed by atoms with van der Waals surface area (Å²) in [5.41, 5.74) is -0.528. The molecule has 0 bridgehead atoms. The van der Waals surface area contributed by atoms with Crippen LogP contribution in [0.3, 0.4) is 0 Å². The van der Waals surface area contributed by atoms with E-state index in [1.165, 1.54) is 0 Å². The average molecular weight is 345 g/mol. The van der Waals surface area contributed by atoms with Crippen LogP contribution in [0.5, 0.6) is 0 Å². The lowest BCUT2D eigenvalue weighted by molar-refractivity contribution is -0.159. The summed E-state index contributed by atoms with van der Waals surface area (Å²) in [6.45, 7) is 14.9. The summed E-state index contributed by atoms with van der Waals surface area (Å²) in [4.78, 5) is 0. The van der Waals surface area contributed by atoms with E-state index >= 15 is 0 Å². The molecule has 1 heterocycles. The van der Waals surface area contributed by atoms with Crippen molar-refractivity contribution in [2.75, 3.05) is 26.4 Å². The first-order chi connectivity index (χ1) is 11.3. The van der Waals surface area contributed by atoms with Gasteiger partial charge in [0.2, 0.25) is 0 Å². The van der Waals surface area contributed by atoms with Crippen molar-refractivity contribution in [3.8, 4) is 0 Å². The molecule has 0 aromatic carbocycles. The number of unbranched alkanes of at least 4 members (excludes halogenated alkanes) is 2. The first-order valence-electron chi connectivity index (χ1n) is 9.77. The summed E-state index contributed by atoms with van der Waals surface area (Å²) < 4.78 is 18.4. The third-order valence-corrected chi connectivity index (χ3v) is 4.83. The molecular formula is C20H40O4. The molecule has 0 spiro atoms. The zero-order chi connectivity index (χ0) is 18.2. The first kappa shape index (κ1) is 21.9. The van der Waals surface area contributed by atoms with Gasteiger partial charge >= 0.3 is 0 Å². The zero-order valence-corrected chi connectivity index (χ0v) is 16.8. The quantitative estimate of drug-likeness (QED) is 0.571. The van der Waals surface area contributed by atoms with Gasteiger partial charge < -0.3 is 19.3 Å². The SMILES string of the molecule is CCCCOC[C@@]1(CO)O[C@H](C)C(CC(C)(C)C)C1OCCCC. The van der Waals surface area contributed by atoms with E-state index in [0.717, 1.165) is 32.1 Å². The van der Waals surface area contributed by atoms with E-state index in [0.29, 0.717) is 19.8 Å². The fraction of sp³-hybridized carbons (Fsp3) is 1.00. The molecule has 2 unspecified atom stereocenters. The van der Waals surface area contributed by atoms with Crippen molar-refractivity contribution in [3.63, 3.8) is 0 Å². The highest BCUT2D eigenvalue weighted by Gasteiger charge is 2.54. The molecule has 1 N–H and O–H groups in total. The topological polar surface area (TPSA) is 47.9 Å². The molecule has 4 heteroatoms. The second-order valence-electron chi connectivity index (χ2n) is 8.53. The fourth-order valence-electron chi connectivity index (χ4n) is 3.55. The van der Waals surface area contributed by atoms with Crippen molar-refractivity contribution in [2.24, 2.45) is 11.3 Å². The predicted molar refractivity (Wildman–Crippen MR) is 98.3 cm³/mol. The minimum absolute atomic E-state index is 0.0547. The van der Waals surface area contributed by atoms with Gasteiger partial charge in [-0.2, -0.15) is 0 Å². The highest BCUT2D eigenvalue weighted by Crippen LogP contribution is 2.43. The second kappa shape index (κ2) is 10.1. The number of aliphatic hydroxyl groups excluding tert-OH is 1. The lowest BCUT2D eigenvalue weighted by Gasteiger charge is -2.35. The van der Waals surface area contributed by atoms with E-state index in [-0.39, 0.29) is 30.1 Å². The van der Waals surface area contributed by atoms with E-state index in [1.54, 1.807) is 0 Å². The molecule has 0 aromatic heterocycles. The van der Waals surface area contributed by atoms with Crippen LogP contribution in [0.15, 0.2) is 0 Å². The van der Waals surface area contributed by atoms with Crippen LogP contribution in [0.4, 0.5) is 0 Å². The van der Waals surface area contributed by atoms with Crippen molar-refractivity contribution in [2.45, 2.75) is 91.5 Å². The van der Waals surface area contributed by atoms with Gasteiger partial charge in [-0.1, -0.05) is 47.5 Å². The molecule has 1 fully saturated rings. The maximum Gasteiger partial charge on any atom is 0.141 e. The van der Waals surface area contributed by atoms with Crippen LogP contribution >= 0.6 is 0 Å². The summed E-state index contributed by atoms with van der Waals surface area (Å²) in [6, 6.07) is 0. The van der Waals surface area contributed by atoms with E-state index in [9.17, 15) is 5.11 Å². The molecule has 0 amide bonds. The largest absolute Gasteiger partial charge is 0.393 e. The third kappa shape index (κ3) is 6.29. The summed E-state index contributed by atoms with van der Waals surface area (Å²) in [6.07, 6.45) is 5.25. The Hall–Kier alpha value is -0.160. The van der Waals surface area contributed by atoms with Crippen molar-refractivity contribution in [1.29, 1.82) is 0 Å². The van der Waals surface area contributed by atoms with Crippen LogP contribution in [0.1, 0.15) is 73.6 Å². The Labute approximate surface area is 149 Å². The summed E-state index contributed by atoms with van der Waals surface area (Å²) in [5, 5.41) is 10.1. The van der Waals surface area contributed by atoms with Gasteiger partial charge in [0.1, 0.15) is 5.60 Å². The molecule has 1 saturated heterocycles. The van der Waals surface area contributed by atoms with Crippen LogP contribution < -0.4 is 0 Å². The smallest absolute Gasteiger partial charge is 0.141 e. The first-order valence-corrected chi connectivity index (χ1v) is 9.77. The molecule has 1 rings (SSSR count). The Kier molecular flexibility index (Phi) is 9.21. The Morgan fingerprint density at radius 2 is 1.71 bits per heavy atom. The van der Waals surface area contributed by atoms with Gasteiger partial charge in [-0.15, -0.1) is 0 Å². The molecule has 1 aliphatic rings. The molecule has 0 saturated carbocycles. The van der Waals surface area contributed by atoms with E-state index < -0.39 is 5.60 Å². The molecule has 144 valence electrons. The second-order valence-corrected chi connectivity index (χ2v) is 8.53. The van der Waals surface area contributed by atoms with Gasteiger partial charge in [-0.05, 0) is 31.6 Å². The Morgan fingerprint density at radius 3 is 2.25 bits per heavy atom. The zero-order valence-electron chi connectivity index (χ0n) is 16.8. The highest BCUT2D eigenvalue weighted by atomic mass is 16.6. The Balaban J connectivity index is 2.87. The third-order valence-electron chi connectivity index (χ3n) is 4.83. The monoisotopic (exact) mass is 344 g/mol. The fourth-order valence-corrected chi connectivity index (χ4v) is 3.55. The maximum absolute atomic E-state index is 10.1. The molecule has 1 aliphatic heterocycles. The number of hydrogen-bond donors (Lipinski definition) is 1. The molecule has 4 atom stereocenters. The molecule has 24 heavy (non-hydrogen) atoms. The van der Waals surface area contributed by atoms with E-state index in [1.807, 2.05) is 0 Å². The average Bonchev–Trinajstić information content (AvgIpc) is 2.76. The van der Waals surface area contributed by atoms with Crippen LogP contribution in [-0.4, -0.2) is 49.3 Å². The Morgan fingerprint density at radius 1 is 1.08 bits per heavy atom. The molecule has 0 aromatic rings. The Bertz CT molecular complexity index is 339. The molecule has 4 nitrogen and oxygen atoms in total. The predicted octanol–water partition coefficient (Wildman–Crippen LogP) is 4.19. The number of ether oxygens (including phenoxy) is 3. The van der Waals surface area contributed by atoms with Gasteiger partial charge in [-0.3, -0.25) is 0 Å². The van der Waals surface area contributed by atoms with E-state index in [2.05, 4.69) is 41.5 Å². The van der Waals surface area contributed by atoms with Crippen LogP contribution in [0.25, 0.3) is 0 Å². The summed E-state index contributed by atoms with van der Waals surface area (Å²) >= 11 is 0. The van der Waals surface area contributed by atoms with Crippen molar-refractivity contribution in [3.05, 3.63) is 0 Å².